The van der Waals surface area contributed by atoms with E-state index in [0.717, 1.165) is 28.5 Å². The number of hydrogen-bond donors (Lipinski definition) is 2. The van der Waals surface area contributed by atoms with E-state index < -0.39 is 28.1 Å². The number of halogens is 1. The van der Waals surface area contributed by atoms with Gasteiger partial charge in [0.15, 0.2) is 0 Å². The Bertz CT molecular complexity index is 1390. The highest BCUT2D eigenvalue weighted by Crippen LogP contribution is 2.40. The maximum atomic E-state index is 13.5. The van der Waals surface area contributed by atoms with Crippen molar-refractivity contribution in [2.45, 2.75) is 31.8 Å². The maximum absolute atomic E-state index is 13.5. The molecule has 9 heteroatoms. The van der Waals surface area contributed by atoms with E-state index in [1.165, 1.54) is 4.90 Å². The van der Waals surface area contributed by atoms with Crippen LogP contribution in [0.15, 0.2) is 66.7 Å². The van der Waals surface area contributed by atoms with Crippen molar-refractivity contribution in [1.29, 1.82) is 0 Å². The SMILES string of the molecule is Cc1c(NS(C)(=O)=O)cccc1-c1ccc(C(=O)N2[C@@H](c3ccccc3Cl)CC[C@H]2C(=O)O)cc1. The first-order valence-corrected chi connectivity index (χ1v) is 13.3. The topological polar surface area (TPSA) is 104 Å². The van der Waals surface area contributed by atoms with E-state index in [2.05, 4.69) is 4.72 Å². The van der Waals surface area contributed by atoms with E-state index in [1.54, 1.807) is 48.5 Å². The zero-order chi connectivity index (χ0) is 25.3. The molecule has 1 aliphatic rings. The van der Waals surface area contributed by atoms with Crippen molar-refractivity contribution < 1.29 is 23.1 Å². The molecule has 1 saturated heterocycles. The lowest BCUT2D eigenvalue weighted by Gasteiger charge is -2.29. The van der Waals surface area contributed by atoms with Crippen molar-refractivity contribution in [1.82, 2.24) is 4.90 Å². The second-order valence-electron chi connectivity index (χ2n) is 8.61. The second kappa shape index (κ2) is 9.71. The smallest absolute Gasteiger partial charge is 0.326 e. The summed E-state index contributed by atoms with van der Waals surface area (Å²) in [7, 11) is -3.43. The number of amides is 1. The third kappa shape index (κ3) is 5.18. The number of carboxylic acids is 1. The first-order chi connectivity index (χ1) is 16.6. The van der Waals surface area contributed by atoms with Gasteiger partial charge in [-0.2, -0.15) is 0 Å². The van der Waals surface area contributed by atoms with Gasteiger partial charge >= 0.3 is 5.97 Å². The number of nitrogens with zero attached hydrogens (tertiary/aromatic N) is 1. The molecule has 3 aromatic carbocycles. The molecule has 0 bridgehead atoms. The largest absolute Gasteiger partial charge is 0.480 e. The highest BCUT2D eigenvalue weighted by atomic mass is 35.5. The summed E-state index contributed by atoms with van der Waals surface area (Å²) in [6.45, 7) is 1.82. The number of carbonyl (C=O) groups is 2. The van der Waals surface area contributed by atoms with E-state index in [9.17, 15) is 23.1 Å². The van der Waals surface area contributed by atoms with Gasteiger partial charge < -0.3 is 10.0 Å². The van der Waals surface area contributed by atoms with Crippen LogP contribution in [-0.2, 0) is 14.8 Å². The van der Waals surface area contributed by atoms with Gasteiger partial charge in [-0.1, -0.05) is 54.1 Å². The minimum absolute atomic E-state index is 0.342. The fourth-order valence-electron chi connectivity index (χ4n) is 4.59. The molecule has 0 aliphatic carbocycles. The number of hydrogen-bond acceptors (Lipinski definition) is 4. The quantitative estimate of drug-likeness (QED) is 0.477. The molecule has 1 fully saturated rings. The van der Waals surface area contributed by atoms with Crippen molar-refractivity contribution in [3.05, 3.63) is 88.4 Å². The van der Waals surface area contributed by atoms with Crippen molar-refractivity contribution in [3.63, 3.8) is 0 Å². The van der Waals surface area contributed by atoms with Crippen LogP contribution < -0.4 is 4.72 Å². The van der Waals surface area contributed by atoms with Crippen LogP contribution in [0.25, 0.3) is 11.1 Å². The van der Waals surface area contributed by atoms with Crippen LogP contribution >= 0.6 is 11.6 Å². The van der Waals surface area contributed by atoms with Crippen LogP contribution in [0.4, 0.5) is 5.69 Å². The normalized spacial score (nSPS) is 17.9. The van der Waals surface area contributed by atoms with Crippen LogP contribution in [0.1, 0.15) is 40.4 Å². The molecule has 1 aliphatic heterocycles. The Morgan fingerprint density at radius 2 is 1.69 bits per heavy atom. The van der Waals surface area contributed by atoms with E-state index in [0.29, 0.717) is 29.1 Å². The Morgan fingerprint density at radius 1 is 1.00 bits per heavy atom. The molecule has 1 heterocycles. The predicted molar refractivity (Wildman–Crippen MR) is 136 cm³/mol. The van der Waals surface area contributed by atoms with Gasteiger partial charge in [-0.05, 0) is 66.3 Å². The van der Waals surface area contributed by atoms with Crippen molar-refractivity contribution >= 4 is 39.2 Å². The number of likely N-dealkylation sites (tertiary alicyclic amines) is 1. The number of aliphatic carboxylic acids is 1. The number of benzene rings is 3. The van der Waals surface area contributed by atoms with Crippen molar-refractivity contribution in [2.75, 3.05) is 11.0 Å². The van der Waals surface area contributed by atoms with Gasteiger partial charge in [-0.15, -0.1) is 0 Å². The minimum atomic E-state index is -3.43. The van der Waals surface area contributed by atoms with Crippen LogP contribution in [0.5, 0.6) is 0 Å². The Morgan fingerprint density at radius 3 is 2.31 bits per heavy atom. The summed E-state index contributed by atoms with van der Waals surface area (Å²) < 4.78 is 25.8. The molecule has 0 spiro atoms. The summed E-state index contributed by atoms with van der Waals surface area (Å²) in [5, 5.41) is 10.3. The molecule has 35 heavy (non-hydrogen) atoms. The highest BCUT2D eigenvalue weighted by Gasteiger charge is 2.42. The summed E-state index contributed by atoms with van der Waals surface area (Å²) in [6.07, 6.45) is 1.94. The molecule has 182 valence electrons. The lowest BCUT2D eigenvalue weighted by molar-refractivity contribution is -0.141. The molecular formula is C26H25ClN2O5S. The maximum Gasteiger partial charge on any atom is 0.326 e. The number of sulfonamides is 1. The van der Waals surface area contributed by atoms with Crippen molar-refractivity contribution in [3.8, 4) is 11.1 Å². The Hall–Kier alpha value is -3.36. The molecular weight excluding hydrogens is 488 g/mol. The minimum Gasteiger partial charge on any atom is -0.480 e. The molecule has 4 rings (SSSR count). The number of anilines is 1. The average molecular weight is 513 g/mol. The predicted octanol–water partition coefficient (Wildman–Crippen LogP) is 5.12. The van der Waals surface area contributed by atoms with Gasteiger partial charge in [0.2, 0.25) is 10.0 Å². The molecule has 0 unspecified atom stereocenters. The fourth-order valence-corrected chi connectivity index (χ4v) is 5.47. The molecule has 1 amide bonds. The summed E-state index contributed by atoms with van der Waals surface area (Å²) in [4.78, 5) is 26.9. The summed E-state index contributed by atoms with van der Waals surface area (Å²) in [6, 6.07) is 18.0. The van der Waals surface area contributed by atoms with E-state index in [-0.39, 0.29) is 5.91 Å². The molecule has 0 radical (unpaired) electrons. The standard InChI is InChI=1S/C26H25ClN2O5S/c1-16-19(7-5-9-22(16)28-35(2,33)34)17-10-12-18(13-11-17)25(30)29-23(14-15-24(29)26(31)32)20-6-3-4-8-21(20)27/h3-13,23-24,28H,14-15H2,1-2H3,(H,31,32)/t23-,24+/m1/s1. The van der Waals surface area contributed by atoms with Gasteiger partial charge in [0.25, 0.3) is 5.91 Å². The van der Waals surface area contributed by atoms with Crippen LogP contribution in [0, 0.1) is 6.92 Å². The van der Waals surface area contributed by atoms with E-state index >= 15 is 0 Å². The number of nitrogens with one attached hydrogen (secondary N) is 1. The molecule has 7 nitrogen and oxygen atoms in total. The molecule has 2 N–H and O–H groups in total. The van der Waals surface area contributed by atoms with Crippen LogP contribution in [0.3, 0.4) is 0 Å². The highest BCUT2D eigenvalue weighted by molar-refractivity contribution is 7.92. The first-order valence-electron chi connectivity index (χ1n) is 11.0. The van der Waals surface area contributed by atoms with Crippen LogP contribution in [-0.4, -0.2) is 42.6 Å². The number of carboxylic acid groups (broad SMARTS) is 1. The first kappa shape index (κ1) is 24.8. The molecule has 2 atom stereocenters. The van der Waals surface area contributed by atoms with Gasteiger partial charge in [0.1, 0.15) is 6.04 Å². The Kier molecular flexibility index (Phi) is 6.87. The summed E-state index contributed by atoms with van der Waals surface area (Å²) in [5.74, 6) is -1.43. The third-order valence-corrected chi connectivity index (χ3v) is 7.18. The summed E-state index contributed by atoms with van der Waals surface area (Å²) >= 11 is 6.38. The molecule has 0 saturated carbocycles. The van der Waals surface area contributed by atoms with E-state index in [4.69, 9.17) is 11.6 Å². The lowest BCUT2D eigenvalue weighted by Crippen LogP contribution is -2.41. The number of rotatable bonds is 6. The van der Waals surface area contributed by atoms with E-state index in [1.807, 2.05) is 25.1 Å². The summed E-state index contributed by atoms with van der Waals surface area (Å²) in [5.41, 5.74) is 3.94. The Balaban J connectivity index is 1.66. The van der Waals surface area contributed by atoms with Gasteiger partial charge in [-0.3, -0.25) is 9.52 Å². The second-order valence-corrected chi connectivity index (χ2v) is 10.8. The number of carbonyl (C=O) groups excluding carboxylic acids is 1. The molecule has 3 aromatic rings. The van der Waals surface area contributed by atoms with Gasteiger partial charge in [-0.25, -0.2) is 13.2 Å². The Labute approximate surface area is 209 Å². The fraction of sp³-hybridized carbons (Fsp3) is 0.231. The zero-order valence-electron chi connectivity index (χ0n) is 19.2. The molecule has 0 aromatic heterocycles. The lowest BCUT2D eigenvalue weighted by atomic mass is 9.98. The average Bonchev–Trinajstić information content (AvgIpc) is 3.25. The zero-order valence-corrected chi connectivity index (χ0v) is 20.8. The van der Waals surface area contributed by atoms with Gasteiger partial charge in [0.05, 0.1) is 18.0 Å². The van der Waals surface area contributed by atoms with Crippen LogP contribution in [0.2, 0.25) is 5.02 Å². The third-order valence-electron chi connectivity index (χ3n) is 6.24. The monoisotopic (exact) mass is 512 g/mol. The van der Waals surface area contributed by atoms with Crippen molar-refractivity contribution in [2.24, 2.45) is 0 Å². The van der Waals surface area contributed by atoms with Gasteiger partial charge in [0, 0.05) is 10.6 Å².